The van der Waals surface area contributed by atoms with Crippen LogP contribution < -0.4 is 5.69 Å². The van der Waals surface area contributed by atoms with E-state index in [2.05, 4.69) is 23.3 Å². The lowest BCUT2D eigenvalue weighted by Gasteiger charge is -2.54. The minimum Gasteiger partial charge on any atom is -0.306 e. The average Bonchev–Trinajstić information content (AvgIpc) is 2.89. The molecule has 0 radical (unpaired) electrons. The molecule has 0 atom stereocenters. The van der Waals surface area contributed by atoms with Crippen molar-refractivity contribution >= 4 is 0 Å². The highest BCUT2D eigenvalue weighted by molar-refractivity contribution is 5.57. The van der Waals surface area contributed by atoms with Crippen molar-refractivity contribution in [3.8, 4) is 11.3 Å². The molecular formula is C19H22N2O. The number of benzene rings is 1. The van der Waals surface area contributed by atoms with E-state index in [1.165, 1.54) is 32.1 Å². The van der Waals surface area contributed by atoms with Crippen LogP contribution in [0.4, 0.5) is 0 Å². The van der Waals surface area contributed by atoms with Crippen molar-refractivity contribution in [3.05, 3.63) is 47.0 Å². The standard InChI is InChI=1S/C19H22N2O/c22-19-20-17(14-4-2-1-3-5-14)11-21(19)18-15-7-12-6-13(9-15)10-16(18)8-12/h1-5,11-13,15-16,18H,6-10H2,(H,20,22). The third-order valence-corrected chi connectivity index (χ3v) is 6.33. The summed E-state index contributed by atoms with van der Waals surface area (Å²) in [6.45, 7) is 0. The Morgan fingerprint density at radius 3 is 2.18 bits per heavy atom. The smallest absolute Gasteiger partial charge is 0.306 e. The van der Waals surface area contributed by atoms with Gasteiger partial charge in [-0.15, -0.1) is 0 Å². The van der Waals surface area contributed by atoms with Crippen LogP contribution in [0.5, 0.6) is 0 Å². The molecule has 4 bridgehead atoms. The quantitative estimate of drug-likeness (QED) is 0.898. The number of hydrogen-bond donors (Lipinski definition) is 1. The average molecular weight is 294 g/mol. The van der Waals surface area contributed by atoms with Gasteiger partial charge in [-0.05, 0) is 61.3 Å². The molecule has 4 aliphatic rings. The van der Waals surface area contributed by atoms with Crippen molar-refractivity contribution in [2.75, 3.05) is 0 Å². The fourth-order valence-corrected chi connectivity index (χ4v) is 5.75. The van der Waals surface area contributed by atoms with E-state index in [4.69, 9.17) is 0 Å². The maximum Gasteiger partial charge on any atom is 0.326 e. The highest BCUT2D eigenvalue weighted by Gasteiger charge is 2.49. The number of nitrogens with zero attached hydrogens (tertiary/aromatic N) is 1. The van der Waals surface area contributed by atoms with Crippen LogP contribution in [-0.4, -0.2) is 9.55 Å². The van der Waals surface area contributed by atoms with Crippen LogP contribution in [0.25, 0.3) is 11.3 Å². The topological polar surface area (TPSA) is 37.8 Å². The Hall–Kier alpha value is -1.77. The van der Waals surface area contributed by atoms with Crippen LogP contribution in [0.1, 0.15) is 38.1 Å². The summed E-state index contributed by atoms with van der Waals surface area (Å²) in [4.78, 5) is 15.6. The van der Waals surface area contributed by atoms with Gasteiger partial charge >= 0.3 is 5.69 Å². The summed E-state index contributed by atoms with van der Waals surface area (Å²) in [6.07, 6.45) is 8.90. The van der Waals surface area contributed by atoms with Gasteiger partial charge in [-0.1, -0.05) is 30.3 Å². The summed E-state index contributed by atoms with van der Waals surface area (Å²) in [7, 11) is 0. The van der Waals surface area contributed by atoms with E-state index in [0.29, 0.717) is 6.04 Å². The lowest BCUT2D eigenvalue weighted by molar-refractivity contribution is -0.0302. The number of aromatic nitrogens is 2. The van der Waals surface area contributed by atoms with Gasteiger partial charge in [-0.2, -0.15) is 0 Å². The van der Waals surface area contributed by atoms with Gasteiger partial charge < -0.3 is 4.98 Å². The first kappa shape index (κ1) is 12.7. The highest BCUT2D eigenvalue weighted by atomic mass is 16.1. The van der Waals surface area contributed by atoms with Crippen LogP contribution >= 0.6 is 0 Å². The summed E-state index contributed by atoms with van der Waals surface area (Å²) >= 11 is 0. The number of hydrogen-bond acceptors (Lipinski definition) is 1. The van der Waals surface area contributed by atoms with Crippen molar-refractivity contribution in [1.29, 1.82) is 0 Å². The molecule has 0 spiro atoms. The molecule has 1 heterocycles. The van der Waals surface area contributed by atoms with E-state index in [1.807, 2.05) is 22.8 Å². The Bertz CT molecular complexity index is 714. The van der Waals surface area contributed by atoms with Gasteiger partial charge in [0, 0.05) is 12.2 Å². The maximum atomic E-state index is 12.5. The summed E-state index contributed by atoms with van der Waals surface area (Å²) in [5.41, 5.74) is 2.14. The summed E-state index contributed by atoms with van der Waals surface area (Å²) < 4.78 is 2.04. The van der Waals surface area contributed by atoms with Gasteiger partial charge in [0.1, 0.15) is 0 Å². The lowest BCUT2D eigenvalue weighted by atomic mass is 9.54. The molecule has 6 rings (SSSR count). The SMILES string of the molecule is O=c1[nH]c(-c2ccccc2)cn1C1C2CC3CC(C2)CC1C3. The molecule has 0 amide bonds. The third-order valence-electron chi connectivity index (χ3n) is 6.33. The number of H-pyrrole nitrogens is 1. The predicted molar refractivity (Wildman–Crippen MR) is 86.6 cm³/mol. The number of rotatable bonds is 2. The molecule has 4 saturated carbocycles. The van der Waals surface area contributed by atoms with E-state index in [0.717, 1.165) is 34.9 Å². The fraction of sp³-hybridized carbons (Fsp3) is 0.526. The number of aromatic amines is 1. The van der Waals surface area contributed by atoms with Crippen LogP contribution in [0.2, 0.25) is 0 Å². The van der Waals surface area contributed by atoms with Gasteiger partial charge in [-0.3, -0.25) is 4.57 Å². The normalized spacial score (nSPS) is 35.9. The van der Waals surface area contributed by atoms with Crippen molar-refractivity contribution in [2.45, 2.75) is 38.1 Å². The molecule has 4 aliphatic carbocycles. The second-order valence-corrected chi connectivity index (χ2v) is 7.67. The number of nitrogens with one attached hydrogen (secondary N) is 1. The Balaban J connectivity index is 1.54. The molecule has 114 valence electrons. The Labute approximate surface area is 130 Å². The Morgan fingerprint density at radius 1 is 0.909 bits per heavy atom. The molecule has 3 nitrogen and oxygen atoms in total. The zero-order chi connectivity index (χ0) is 14.7. The lowest BCUT2D eigenvalue weighted by Crippen LogP contribution is -2.47. The maximum absolute atomic E-state index is 12.5. The molecule has 0 saturated heterocycles. The highest BCUT2D eigenvalue weighted by Crippen LogP contribution is 2.58. The summed E-state index contributed by atoms with van der Waals surface area (Å²) in [5.74, 6) is 3.35. The van der Waals surface area contributed by atoms with Crippen molar-refractivity contribution in [2.24, 2.45) is 23.7 Å². The van der Waals surface area contributed by atoms with Gasteiger partial charge in [-0.25, -0.2) is 4.79 Å². The van der Waals surface area contributed by atoms with Gasteiger partial charge in [0.25, 0.3) is 0 Å². The van der Waals surface area contributed by atoms with Crippen LogP contribution in [0.3, 0.4) is 0 Å². The van der Waals surface area contributed by atoms with Crippen molar-refractivity contribution < 1.29 is 0 Å². The summed E-state index contributed by atoms with van der Waals surface area (Å²) in [6, 6.07) is 10.6. The van der Waals surface area contributed by atoms with E-state index in [-0.39, 0.29) is 5.69 Å². The minimum absolute atomic E-state index is 0.0799. The van der Waals surface area contributed by atoms with E-state index in [1.54, 1.807) is 0 Å². The third kappa shape index (κ3) is 1.84. The minimum atomic E-state index is 0.0799. The van der Waals surface area contributed by atoms with E-state index >= 15 is 0 Å². The largest absolute Gasteiger partial charge is 0.326 e. The molecule has 0 aliphatic heterocycles. The molecule has 1 N–H and O–H groups in total. The first-order valence-electron chi connectivity index (χ1n) is 8.64. The zero-order valence-electron chi connectivity index (χ0n) is 12.7. The summed E-state index contributed by atoms with van der Waals surface area (Å²) in [5, 5.41) is 0. The molecule has 0 unspecified atom stereocenters. The van der Waals surface area contributed by atoms with Gasteiger partial charge in [0.15, 0.2) is 0 Å². The molecule has 3 heteroatoms. The fourth-order valence-electron chi connectivity index (χ4n) is 5.75. The second-order valence-electron chi connectivity index (χ2n) is 7.67. The predicted octanol–water partition coefficient (Wildman–Crippen LogP) is 3.84. The Morgan fingerprint density at radius 2 is 1.55 bits per heavy atom. The van der Waals surface area contributed by atoms with Crippen molar-refractivity contribution in [1.82, 2.24) is 9.55 Å². The second kappa shape index (κ2) is 4.61. The van der Waals surface area contributed by atoms with Gasteiger partial charge in [0.2, 0.25) is 0 Å². The van der Waals surface area contributed by atoms with Crippen LogP contribution in [0, 0.1) is 23.7 Å². The molecule has 4 fully saturated rings. The molecule has 1 aromatic heterocycles. The van der Waals surface area contributed by atoms with E-state index < -0.39 is 0 Å². The molecule has 2 aromatic rings. The monoisotopic (exact) mass is 294 g/mol. The van der Waals surface area contributed by atoms with Crippen molar-refractivity contribution in [3.63, 3.8) is 0 Å². The number of imidazole rings is 1. The molecule has 22 heavy (non-hydrogen) atoms. The molecular weight excluding hydrogens is 272 g/mol. The first-order valence-corrected chi connectivity index (χ1v) is 8.64. The Kier molecular flexibility index (Phi) is 2.67. The molecule has 1 aromatic carbocycles. The zero-order valence-corrected chi connectivity index (χ0v) is 12.7. The van der Waals surface area contributed by atoms with Gasteiger partial charge in [0.05, 0.1) is 5.69 Å². The van der Waals surface area contributed by atoms with E-state index in [9.17, 15) is 4.79 Å². The van der Waals surface area contributed by atoms with Crippen LogP contribution in [0.15, 0.2) is 41.3 Å². The first-order chi connectivity index (χ1) is 10.8. The van der Waals surface area contributed by atoms with Crippen LogP contribution in [-0.2, 0) is 0 Å².